The summed E-state index contributed by atoms with van der Waals surface area (Å²) in [6.07, 6.45) is 2.02. The Kier molecular flexibility index (Phi) is 13.3. The lowest BCUT2D eigenvalue weighted by Crippen LogP contribution is -2.06. The molecule has 2 N–H and O–H groups in total. The van der Waals surface area contributed by atoms with Crippen LogP contribution in [0.25, 0.3) is 88.7 Å². The molecule has 5 aromatic heterocycles. The Labute approximate surface area is 407 Å². The topological polar surface area (TPSA) is 83.1 Å². The van der Waals surface area contributed by atoms with Crippen molar-refractivity contribution >= 4 is 66.4 Å². The maximum atomic E-state index is 16.6. The van der Waals surface area contributed by atoms with E-state index in [4.69, 9.17) is 19.9 Å². The summed E-state index contributed by atoms with van der Waals surface area (Å²) in [6, 6.07) is 9.96. The molecule has 0 spiro atoms. The Morgan fingerprint density at radius 3 is 0.847 bits per heavy atom. The molecule has 16 heteroatoms. The van der Waals surface area contributed by atoms with Gasteiger partial charge in [0.15, 0.2) is 46.5 Å². The molecule has 0 amide bonds. The Balaban J connectivity index is 1.65. The first kappa shape index (κ1) is 49.9. The van der Waals surface area contributed by atoms with Crippen LogP contribution in [-0.2, 0) is 25.7 Å². The van der Waals surface area contributed by atoms with Gasteiger partial charge < -0.3 is 9.97 Å². The number of halogens is 10. The number of H-pyrrole nitrogens is 2. The normalized spacial score (nSPS) is 12.9. The fourth-order valence-corrected chi connectivity index (χ4v) is 10.8. The Morgan fingerprint density at radius 2 is 0.556 bits per heavy atom. The van der Waals surface area contributed by atoms with Crippen molar-refractivity contribution < 1.29 is 43.9 Å². The molecule has 0 saturated carbocycles. The predicted molar refractivity (Wildman–Crippen MR) is 263 cm³/mol. The van der Waals surface area contributed by atoms with Crippen molar-refractivity contribution in [1.82, 2.24) is 29.9 Å². The summed E-state index contributed by atoms with van der Waals surface area (Å²) in [5.41, 5.74) is 3.53. The number of fused-ring (bicyclic) bond motifs is 16. The molecule has 0 radical (unpaired) electrons. The number of nitrogens with one attached hydrogen (secondary N) is 2. The number of aromatic nitrogens is 6. The molecule has 0 fully saturated rings. The minimum Gasteiger partial charge on any atom is -0.353 e. The summed E-state index contributed by atoms with van der Waals surface area (Å²) in [6.45, 7) is 14.5. The van der Waals surface area contributed by atoms with Crippen LogP contribution in [0.5, 0.6) is 0 Å². The molecule has 2 aliphatic heterocycles. The minimum atomic E-state index is -2.31. The number of rotatable bonds is 10. The maximum Gasteiger partial charge on any atom is 0.200 e. The first-order valence-corrected chi connectivity index (χ1v) is 24.2. The van der Waals surface area contributed by atoms with Gasteiger partial charge >= 0.3 is 0 Å². The molecule has 7 heterocycles. The van der Waals surface area contributed by atoms with Gasteiger partial charge in [-0.15, -0.1) is 0 Å². The molecule has 2 aromatic carbocycles. The predicted octanol–water partition coefficient (Wildman–Crippen LogP) is 16.4. The van der Waals surface area contributed by atoms with Crippen LogP contribution in [0.1, 0.15) is 126 Å². The van der Waals surface area contributed by atoms with E-state index in [1.165, 1.54) is 0 Å². The zero-order chi connectivity index (χ0) is 51.8. The minimum absolute atomic E-state index is 0.0408. The third-order valence-corrected chi connectivity index (χ3v) is 14.0. The number of pyridine rings is 2. The quantitative estimate of drug-likeness (QED) is 0.0812. The van der Waals surface area contributed by atoms with Gasteiger partial charge in [0.05, 0.1) is 78.0 Å². The van der Waals surface area contributed by atoms with Gasteiger partial charge in [0.25, 0.3) is 0 Å². The second kappa shape index (κ2) is 19.1. The summed E-state index contributed by atoms with van der Waals surface area (Å²) < 4.78 is 158. The van der Waals surface area contributed by atoms with Gasteiger partial charge in [-0.25, -0.2) is 63.8 Å². The summed E-state index contributed by atoms with van der Waals surface area (Å²) in [7, 11) is 0. The molecule has 2 aliphatic rings. The van der Waals surface area contributed by atoms with Gasteiger partial charge in [-0.05, 0) is 120 Å². The fourth-order valence-electron chi connectivity index (χ4n) is 10.8. The lowest BCUT2D eigenvalue weighted by molar-refractivity contribution is 0.381. The Bertz CT molecular complexity index is 3450. The first-order valence-electron chi connectivity index (χ1n) is 24.2. The van der Waals surface area contributed by atoms with Crippen LogP contribution in [0.4, 0.5) is 43.9 Å². The molecule has 6 nitrogen and oxygen atoms in total. The van der Waals surface area contributed by atoms with Crippen molar-refractivity contribution in [2.75, 3.05) is 0 Å². The molecule has 0 unspecified atom stereocenters. The molecule has 7 aromatic rings. The second-order valence-electron chi connectivity index (χ2n) is 17.5. The fraction of sp³-hybridized carbons (Fsp3) is 0.286. The standard InChI is InChI=1S/C56H48F10N6/c1-9-23-27(13-5)53-37(35-39(57)43(61)47(65)44(62)40(35)58)54-28(14-6)24(10-2)51(70-54)33-21-18-22-34(68-33)52-26(12-4)30(16-8)56(72-52)38(36-41(59)45(63)48(66)46(64)42(36)60)55-29(15-7)25(11-3)50(71-55)32-20-17-19-31(67-32)49(23)69-53/h17-22,69,72H,9-16H2,1-8H3. The number of hydrogen-bond acceptors (Lipinski definition) is 4. The zero-order valence-electron chi connectivity index (χ0n) is 40.7. The van der Waals surface area contributed by atoms with Crippen LogP contribution in [0.3, 0.4) is 0 Å². The van der Waals surface area contributed by atoms with Gasteiger partial charge in [-0.2, -0.15) is 0 Å². The molecule has 72 heavy (non-hydrogen) atoms. The Morgan fingerprint density at radius 1 is 0.292 bits per heavy atom. The highest BCUT2D eigenvalue weighted by atomic mass is 19.2. The molecule has 0 saturated heterocycles. The molecule has 0 aliphatic carbocycles. The zero-order valence-corrected chi connectivity index (χ0v) is 40.7. The van der Waals surface area contributed by atoms with Crippen molar-refractivity contribution in [2.45, 2.75) is 107 Å². The van der Waals surface area contributed by atoms with E-state index in [2.05, 4.69) is 9.97 Å². The number of benzene rings is 2. The highest BCUT2D eigenvalue weighted by Gasteiger charge is 2.35. The number of aryl methyl sites for hydroxylation is 4. The van der Waals surface area contributed by atoms with E-state index in [-0.39, 0.29) is 106 Å². The second-order valence-corrected chi connectivity index (χ2v) is 17.5. The van der Waals surface area contributed by atoms with Gasteiger partial charge in [-0.3, -0.25) is 0 Å². The summed E-state index contributed by atoms with van der Waals surface area (Å²) in [5, 5.41) is 0. The van der Waals surface area contributed by atoms with E-state index in [0.717, 1.165) is 0 Å². The van der Waals surface area contributed by atoms with Crippen molar-refractivity contribution in [1.29, 1.82) is 0 Å². The molecule has 372 valence electrons. The van der Waals surface area contributed by atoms with E-state index in [0.29, 0.717) is 68.4 Å². The van der Waals surface area contributed by atoms with Gasteiger partial charge in [0, 0.05) is 11.1 Å². The van der Waals surface area contributed by atoms with Gasteiger partial charge in [-0.1, -0.05) is 67.5 Å². The lowest BCUT2D eigenvalue weighted by atomic mass is 9.92. The molecular weight excluding hydrogens is 947 g/mol. The average molecular weight is 995 g/mol. The number of hydrogen-bond donors (Lipinski definition) is 2. The van der Waals surface area contributed by atoms with E-state index in [9.17, 15) is 8.78 Å². The van der Waals surface area contributed by atoms with E-state index in [1.54, 1.807) is 64.1 Å². The molecule has 9 rings (SSSR count). The van der Waals surface area contributed by atoms with Crippen LogP contribution >= 0.6 is 0 Å². The third kappa shape index (κ3) is 7.36. The van der Waals surface area contributed by atoms with Crippen LogP contribution in [0.15, 0.2) is 36.4 Å². The Hall–Kier alpha value is -7.10. The van der Waals surface area contributed by atoms with E-state index >= 15 is 35.1 Å². The van der Waals surface area contributed by atoms with Gasteiger partial charge in [0.2, 0.25) is 11.6 Å². The smallest absolute Gasteiger partial charge is 0.200 e. The average Bonchev–Trinajstić information content (AvgIpc) is 4.18. The highest BCUT2D eigenvalue weighted by molar-refractivity contribution is 6.06. The largest absolute Gasteiger partial charge is 0.353 e. The van der Waals surface area contributed by atoms with Crippen LogP contribution in [-0.4, -0.2) is 29.9 Å². The van der Waals surface area contributed by atoms with Crippen molar-refractivity contribution in [3.05, 3.63) is 140 Å². The van der Waals surface area contributed by atoms with Crippen molar-refractivity contribution in [3.63, 3.8) is 0 Å². The SMILES string of the molecule is CCC1=C(CC)c2nc1c(-c1c(F)c(F)c(F)c(F)c1F)c1[nH]c(c(CC)c1CC)c1cccc(n1)c1nc(c(-c3c(F)c(F)c(F)c(F)c3F)c3[nH]c(c(CC)c3CC)c3cccc2n3)C(CC)=C1CC. The third-order valence-electron chi connectivity index (χ3n) is 14.0. The summed E-state index contributed by atoms with van der Waals surface area (Å²) >= 11 is 0. The number of nitrogens with zero attached hydrogens (tertiary/aromatic N) is 4. The van der Waals surface area contributed by atoms with Crippen LogP contribution < -0.4 is 0 Å². The van der Waals surface area contributed by atoms with E-state index < -0.39 is 69.3 Å². The molecule has 12 bridgehead atoms. The lowest BCUT2D eigenvalue weighted by Gasteiger charge is -2.13. The maximum absolute atomic E-state index is 16.6. The molecule has 0 atom stereocenters. The van der Waals surface area contributed by atoms with Crippen molar-refractivity contribution in [2.24, 2.45) is 0 Å². The number of allylic oxidation sites excluding steroid dienone is 4. The summed E-state index contributed by atoms with van der Waals surface area (Å²) in [5.74, 6) is -21.3. The van der Waals surface area contributed by atoms with E-state index in [1.807, 2.05) is 27.7 Å². The van der Waals surface area contributed by atoms with Gasteiger partial charge in [0.1, 0.15) is 0 Å². The first-order chi connectivity index (χ1) is 34.6. The van der Waals surface area contributed by atoms with Crippen LogP contribution in [0, 0.1) is 58.2 Å². The number of aromatic amines is 2. The molecular formula is C56H48F10N6. The van der Waals surface area contributed by atoms with Crippen molar-refractivity contribution in [3.8, 4) is 22.3 Å². The monoisotopic (exact) mass is 994 g/mol. The summed E-state index contributed by atoms with van der Waals surface area (Å²) in [4.78, 5) is 26.9. The highest BCUT2D eigenvalue weighted by Crippen LogP contribution is 2.48. The van der Waals surface area contributed by atoms with Crippen LogP contribution in [0.2, 0.25) is 0 Å².